The average Bonchev–Trinajstić information content (AvgIpc) is 2.79. The summed E-state index contributed by atoms with van der Waals surface area (Å²) in [6.45, 7) is 5.09. The Morgan fingerprint density at radius 2 is 2.29 bits per heavy atom. The zero-order valence-electron chi connectivity index (χ0n) is 8.70. The molecule has 0 aliphatic heterocycles. The summed E-state index contributed by atoms with van der Waals surface area (Å²) < 4.78 is 1.76. The first kappa shape index (κ1) is 9.30. The van der Waals surface area contributed by atoms with E-state index in [9.17, 15) is 0 Å². The van der Waals surface area contributed by atoms with E-state index in [0.717, 1.165) is 6.54 Å². The van der Waals surface area contributed by atoms with Gasteiger partial charge in [-0.05, 0) is 18.8 Å². The molecule has 0 unspecified atom stereocenters. The summed E-state index contributed by atoms with van der Waals surface area (Å²) in [7, 11) is 0. The van der Waals surface area contributed by atoms with Crippen LogP contribution in [0.4, 0.5) is 11.9 Å². The van der Waals surface area contributed by atoms with E-state index >= 15 is 0 Å². The van der Waals surface area contributed by atoms with Crippen molar-refractivity contribution < 1.29 is 0 Å². The Hall–Kier alpha value is -1.26. The second kappa shape index (κ2) is 3.48. The molecule has 1 aliphatic rings. The van der Waals surface area contributed by atoms with Crippen LogP contribution < -0.4 is 11.1 Å². The van der Waals surface area contributed by atoms with Crippen molar-refractivity contribution in [2.45, 2.75) is 39.3 Å². The van der Waals surface area contributed by atoms with Crippen LogP contribution in [0.3, 0.4) is 0 Å². The Morgan fingerprint density at radius 1 is 1.57 bits per heavy atom. The van der Waals surface area contributed by atoms with Crippen molar-refractivity contribution in [1.82, 2.24) is 14.8 Å². The molecule has 14 heavy (non-hydrogen) atoms. The highest BCUT2D eigenvalue weighted by molar-refractivity contribution is 5.33. The van der Waals surface area contributed by atoms with Gasteiger partial charge in [0.1, 0.15) is 0 Å². The first-order valence-electron chi connectivity index (χ1n) is 5.12. The van der Waals surface area contributed by atoms with E-state index in [0.29, 0.717) is 23.9 Å². The summed E-state index contributed by atoms with van der Waals surface area (Å²) in [5.74, 6) is 1.71. The van der Waals surface area contributed by atoms with Crippen LogP contribution in [-0.4, -0.2) is 20.8 Å². The summed E-state index contributed by atoms with van der Waals surface area (Å²) >= 11 is 0. The number of hydrogen-bond donors (Lipinski definition) is 2. The molecule has 1 aromatic rings. The maximum atomic E-state index is 5.74. The molecule has 1 saturated carbocycles. The van der Waals surface area contributed by atoms with Crippen LogP contribution in [0.2, 0.25) is 0 Å². The van der Waals surface area contributed by atoms with E-state index < -0.39 is 0 Å². The van der Waals surface area contributed by atoms with Crippen LogP contribution in [0.5, 0.6) is 0 Å². The third kappa shape index (κ3) is 2.16. The molecule has 5 heteroatoms. The van der Waals surface area contributed by atoms with Gasteiger partial charge in [0.05, 0.1) is 0 Å². The van der Waals surface area contributed by atoms with Gasteiger partial charge in [-0.25, -0.2) is 4.68 Å². The summed E-state index contributed by atoms with van der Waals surface area (Å²) in [4.78, 5) is 4.16. The van der Waals surface area contributed by atoms with Crippen molar-refractivity contribution in [3.8, 4) is 0 Å². The summed E-state index contributed by atoms with van der Waals surface area (Å²) in [6, 6.07) is 0.573. The van der Waals surface area contributed by atoms with E-state index in [-0.39, 0.29) is 0 Å². The number of aromatic nitrogens is 3. The lowest BCUT2D eigenvalue weighted by Crippen LogP contribution is -2.10. The Morgan fingerprint density at radius 3 is 2.86 bits per heavy atom. The molecule has 5 nitrogen and oxygen atoms in total. The minimum Gasteiger partial charge on any atom is -0.368 e. The fourth-order valence-electron chi connectivity index (χ4n) is 1.31. The maximum Gasteiger partial charge on any atom is 0.244 e. The zero-order chi connectivity index (χ0) is 10.1. The number of rotatable bonds is 4. The monoisotopic (exact) mass is 195 g/mol. The van der Waals surface area contributed by atoms with Crippen LogP contribution in [0.15, 0.2) is 0 Å². The second-order valence-corrected chi connectivity index (χ2v) is 4.29. The Bertz CT molecular complexity index is 313. The summed E-state index contributed by atoms with van der Waals surface area (Å²) in [6.07, 6.45) is 2.44. The van der Waals surface area contributed by atoms with Gasteiger partial charge in [0.2, 0.25) is 11.9 Å². The number of nitrogens with two attached hydrogens (primary N) is 1. The summed E-state index contributed by atoms with van der Waals surface area (Å²) in [5.41, 5.74) is 5.74. The number of hydrogen-bond acceptors (Lipinski definition) is 4. The normalized spacial score (nSPS) is 16.2. The van der Waals surface area contributed by atoms with Crippen molar-refractivity contribution >= 4 is 11.9 Å². The number of nitrogens with zero attached hydrogens (tertiary/aromatic N) is 3. The molecule has 1 aromatic heterocycles. The van der Waals surface area contributed by atoms with Gasteiger partial charge in [0, 0.05) is 12.6 Å². The van der Waals surface area contributed by atoms with Gasteiger partial charge < -0.3 is 11.1 Å². The van der Waals surface area contributed by atoms with E-state index in [1.807, 2.05) is 0 Å². The molecule has 3 N–H and O–H groups in total. The van der Waals surface area contributed by atoms with E-state index in [4.69, 9.17) is 5.73 Å². The standard InChI is InChI=1S/C9H17N5/c1-6(2)5-14-8(10)12-9(13-14)11-7-3-4-7/h6-7H,3-5H2,1-2H3,(H3,10,11,12,13). The number of nitrogens with one attached hydrogen (secondary N) is 1. The first-order valence-corrected chi connectivity index (χ1v) is 5.12. The average molecular weight is 195 g/mol. The molecule has 0 atom stereocenters. The fourth-order valence-corrected chi connectivity index (χ4v) is 1.31. The highest BCUT2D eigenvalue weighted by Crippen LogP contribution is 2.23. The molecule has 0 aromatic carbocycles. The second-order valence-electron chi connectivity index (χ2n) is 4.29. The van der Waals surface area contributed by atoms with Crippen molar-refractivity contribution in [1.29, 1.82) is 0 Å². The van der Waals surface area contributed by atoms with E-state index in [1.54, 1.807) is 4.68 Å². The van der Waals surface area contributed by atoms with Crippen molar-refractivity contribution in [2.75, 3.05) is 11.1 Å². The predicted octanol–water partition coefficient (Wildman–Crippen LogP) is 1.09. The smallest absolute Gasteiger partial charge is 0.244 e. The highest BCUT2D eigenvalue weighted by atomic mass is 15.4. The third-order valence-electron chi connectivity index (χ3n) is 2.15. The highest BCUT2D eigenvalue weighted by Gasteiger charge is 2.22. The molecule has 78 valence electrons. The van der Waals surface area contributed by atoms with Gasteiger partial charge >= 0.3 is 0 Å². The topological polar surface area (TPSA) is 68.8 Å². The molecule has 2 rings (SSSR count). The van der Waals surface area contributed by atoms with Gasteiger partial charge in [-0.1, -0.05) is 13.8 Å². The number of nitrogen functional groups attached to an aromatic ring is 1. The van der Waals surface area contributed by atoms with Crippen LogP contribution in [-0.2, 0) is 6.54 Å². The van der Waals surface area contributed by atoms with Gasteiger partial charge in [-0.2, -0.15) is 4.98 Å². The van der Waals surface area contributed by atoms with Gasteiger partial charge in [0.15, 0.2) is 0 Å². The van der Waals surface area contributed by atoms with Crippen LogP contribution in [0, 0.1) is 5.92 Å². The molecule has 1 aliphatic carbocycles. The molecule has 0 amide bonds. The van der Waals surface area contributed by atoms with Crippen molar-refractivity contribution in [3.63, 3.8) is 0 Å². The van der Waals surface area contributed by atoms with Crippen molar-refractivity contribution in [3.05, 3.63) is 0 Å². The van der Waals surface area contributed by atoms with Gasteiger partial charge in [-0.15, -0.1) is 5.10 Å². The molecule has 1 heterocycles. The Balaban J connectivity index is 2.03. The lowest BCUT2D eigenvalue weighted by molar-refractivity contribution is 0.488. The molecule has 1 fully saturated rings. The molecule has 0 saturated heterocycles. The van der Waals surface area contributed by atoms with Crippen LogP contribution in [0.1, 0.15) is 26.7 Å². The molecule has 0 radical (unpaired) electrons. The van der Waals surface area contributed by atoms with Crippen LogP contribution in [0.25, 0.3) is 0 Å². The maximum absolute atomic E-state index is 5.74. The van der Waals surface area contributed by atoms with E-state index in [2.05, 4.69) is 29.2 Å². The quantitative estimate of drug-likeness (QED) is 0.754. The largest absolute Gasteiger partial charge is 0.368 e. The predicted molar refractivity (Wildman–Crippen MR) is 55.9 cm³/mol. The lowest BCUT2D eigenvalue weighted by Gasteiger charge is -2.04. The summed E-state index contributed by atoms with van der Waals surface area (Å²) in [5, 5.41) is 7.53. The van der Waals surface area contributed by atoms with Crippen molar-refractivity contribution in [2.24, 2.45) is 5.92 Å². The minimum absolute atomic E-state index is 0.502. The molecule has 0 spiro atoms. The van der Waals surface area contributed by atoms with Crippen LogP contribution >= 0.6 is 0 Å². The zero-order valence-corrected chi connectivity index (χ0v) is 8.70. The fraction of sp³-hybridized carbons (Fsp3) is 0.778. The number of anilines is 2. The lowest BCUT2D eigenvalue weighted by atomic mass is 10.2. The Kier molecular flexibility index (Phi) is 2.31. The molecular weight excluding hydrogens is 178 g/mol. The molecule has 0 bridgehead atoms. The van der Waals surface area contributed by atoms with Gasteiger partial charge in [0.25, 0.3) is 0 Å². The minimum atomic E-state index is 0.502. The van der Waals surface area contributed by atoms with E-state index in [1.165, 1.54) is 12.8 Å². The third-order valence-corrected chi connectivity index (χ3v) is 2.15. The van der Waals surface area contributed by atoms with Gasteiger partial charge in [-0.3, -0.25) is 0 Å². The Labute approximate surface area is 83.7 Å². The SMILES string of the molecule is CC(C)Cn1nc(NC2CC2)nc1N. The first-order chi connectivity index (χ1) is 6.65. The molecular formula is C9H17N5.